The molecule has 0 aromatic heterocycles. The van der Waals surface area contributed by atoms with E-state index in [4.69, 9.17) is 4.74 Å². The molecule has 0 aromatic rings. The van der Waals surface area contributed by atoms with E-state index in [1.165, 1.54) is 0 Å². The van der Waals surface area contributed by atoms with Crippen LogP contribution < -0.4 is 0 Å². The number of hydrogen-bond donors (Lipinski definition) is 0. The zero-order valence-electron chi connectivity index (χ0n) is 15.0. The fourth-order valence-corrected chi connectivity index (χ4v) is 3.28. The lowest BCUT2D eigenvalue weighted by molar-refractivity contribution is -0.125. The van der Waals surface area contributed by atoms with E-state index in [-0.39, 0.29) is 19.4 Å². The maximum atomic E-state index is 12.1. The summed E-state index contributed by atoms with van der Waals surface area (Å²) >= 11 is 0. The highest BCUT2D eigenvalue weighted by molar-refractivity contribution is 7.82. The van der Waals surface area contributed by atoms with E-state index in [0.29, 0.717) is 0 Å². The average Bonchev–Trinajstić information content (AvgIpc) is 2.92. The highest BCUT2D eigenvalue weighted by atomic mass is 32.3. The topological polar surface area (TPSA) is 175 Å². The molecule has 1 rings (SSSR count). The van der Waals surface area contributed by atoms with E-state index in [9.17, 15) is 31.2 Å². The Balaban J connectivity index is 2.56. The molecule has 0 N–H and O–H groups in total. The highest BCUT2D eigenvalue weighted by Gasteiger charge is 2.32. The molecule has 1 aliphatic heterocycles. The minimum Gasteiger partial charge on any atom is -0.438 e. The molecule has 15 heteroatoms. The molecule has 0 radical (unpaired) electrons. The van der Waals surface area contributed by atoms with Gasteiger partial charge in [0.15, 0.2) is 0 Å². The summed E-state index contributed by atoms with van der Waals surface area (Å²) in [5.74, 6) is -1.11. The monoisotopic (exact) mass is 448 g/mol. The van der Waals surface area contributed by atoms with Gasteiger partial charge in [-0.25, -0.2) is 17.3 Å². The average molecular weight is 448 g/mol. The van der Waals surface area contributed by atoms with Crippen LogP contribution in [0.4, 0.5) is 4.79 Å². The predicted molar refractivity (Wildman–Crippen MR) is 87.4 cm³/mol. The van der Waals surface area contributed by atoms with Crippen LogP contribution in [0.5, 0.6) is 0 Å². The Labute approximate surface area is 161 Å². The molecule has 1 aliphatic rings. The number of ether oxygens (including phenoxy) is 2. The van der Waals surface area contributed by atoms with Gasteiger partial charge in [-0.3, -0.25) is 13.8 Å². The van der Waals surface area contributed by atoms with Gasteiger partial charge in [-0.05, 0) is 0 Å². The Morgan fingerprint density at radius 3 is 2.32 bits per heavy atom. The largest absolute Gasteiger partial charge is 0.508 e. The molecule has 0 aliphatic carbocycles. The van der Waals surface area contributed by atoms with Crippen LogP contribution in [0.25, 0.3) is 0 Å². The summed E-state index contributed by atoms with van der Waals surface area (Å²) in [6.45, 7) is -0.833. The van der Waals surface area contributed by atoms with Gasteiger partial charge < -0.3 is 9.47 Å². The Hall–Kier alpha value is -1.65. The van der Waals surface area contributed by atoms with Gasteiger partial charge in [0.1, 0.15) is 23.8 Å². The number of methoxy groups -OCH3 is 1. The Kier molecular flexibility index (Phi) is 9.38. The van der Waals surface area contributed by atoms with E-state index in [1.807, 2.05) is 0 Å². The Morgan fingerprint density at radius 1 is 1.14 bits per heavy atom. The second-order valence-electron chi connectivity index (χ2n) is 5.44. The first-order chi connectivity index (χ1) is 13.0. The first-order valence-electron chi connectivity index (χ1n) is 7.77. The molecule has 0 spiro atoms. The first-order valence-corrected chi connectivity index (χ1v) is 10.4. The van der Waals surface area contributed by atoms with Crippen LogP contribution in [-0.2, 0) is 56.6 Å². The van der Waals surface area contributed by atoms with Crippen molar-refractivity contribution in [3.8, 4) is 0 Å². The number of Topliss-reactive ketones (excluding diaryl/α,β-unsaturated/α-hetero) is 2. The molecular weight excluding hydrogens is 428 g/mol. The maximum Gasteiger partial charge on any atom is 0.508 e. The van der Waals surface area contributed by atoms with Crippen LogP contribution in [0.3, 0.4) is 0 Å². The standard InChI is InChI=1S/C13H20O13S2/c1-21-13(16)25-11(5-9(14)3-4-23-27(17,18)22-2)6-10(15)7-12-8-24-28(19,20)26-12/h11-12H,3-8H2,1-2H3. The molecule has 162 valence electrons. The quantitative estimate of drug-likeness (QED) is 0.346. The molecule has 0 amide bonds. The summed E-state index contributed by atoms with van der Waals surface area (Å²) in [7, 11) is -6.41. The van der Waals surface area contributed by atoms with Crippen LogP contribution in [-0.4, -0.2) is 74.2 Å². The Morgan fingerprint density at radius 2 is 1.79 bits per heavy atom. The van der Waals surface area contributed by atoms with Crippen molar-refractivity contribution in [2.75, 3.05) is 27.4 Å². The predicted octanol–water partition coefficient (Wildman–Crippen LogP) is -0.595. The number of hydrogen-bond acceptors (Lipinski definition) is 13. The van der Waals surface area contributed by atoms with Crippen LogP contribution in [0.15, 0.2) is 0 Å². The molecular formula is C13H20O13S2. The van der Waals surface area contributed by atoms with Gasteiger partial charge in [-0.15, -0.1) is 0 Å². The van der Waals surface area contributed by atoms with Crippen LogP contribution in [0.1, 0.15) is 25.7 Å². The second-order valence-corrected chi connectivity index (χ2v) is 8.07. The summed E-state index contributed by atoms with van der Waals surface area (Å²) in [6.07, 6.45) is -4.88. The summed E-state index contributed by atoms with van der Waals surface area (Å²) in [5, 5.41) is 0. The molecule has 2 unspecified atom stereocenters. The summed E-state index contributed by atoms with van der Waals surface area (Å²) in [4.78, 5) is 35.3. The Bertz CT molecular complexity index is 770. The summed E-state index contributed by atoms with van der Waals surface area (Å²) in [5.41, 5.74) is 0. The van der Waals surface area contributed by atoms with Crippen molar-refractivity contribution < 1.29 is 57.4 Å². The minimum atomic E-state index is -4.20. The molecule has 28 heavy (non-hydrogen) atoms. The van der Waals surface area contributed by atoms with Gasteiger partial charge in [0.25, 0.3) is 0 Å². The summed E-state index contributed by atoms with van der Waals surface area (Å²) < 4.78 is 70.5. The molecule has 1 fully saturated rings. The van der Waals surface area contributed by atoms with Crippen LogP contribution >= 0.6 is 0 Å². The third kappa shape index (κ3) is 9.52. The fourth-order valence-electron chi connectivity index (χ4n) is 2.07. The highest BCUT2D eigenvalue weighted by Crippen LogP contribution is 2.18. The van der Waals surface area contributed by atoms with Gasteiger partial charge in [0.2, 0.25) is 0 Å². The number of carbonyl (C=O) groups excluding carboxylic acids is 3. The maximum absolute atomic E-state index is 12.1. The van der Waals surface area contributed by atoms with Crippen molar-refractivity contribution in [1.82, 2.24) is 0 Å². The van der Waals surface area contributed by atoms with Gasteiger partial charge >= 0.3 is 27.0 Å². The smallest absolute Gasteiger partial charge is 0.438 e. The van der Waals surface area contributed by atoms with E-state index in [2.05, 4.69) is 21.5 Å². The molecule has 13 nitrogen and oxygen atoms in total. The van der Waals surface area contributed by atoms with Crippen molar-refractivity contribution in [3.63, 3.8) is 0 Å². The van der Waals surface area contributed by atoms with Gasteiger partial charge in [-0.2, -0.15) is 16.8 Å². The lowest BCUT2D eigenvalue weighted by Crippen LogP contribution is -2.27. The van der Waals surface area contributed by atoms with Crippen LogP contribution in [0.2, 0.25) is 0 Å². The van der Waals surface area contributed by atoms with E-state index >= 15 is 0 Å². The zero-order chi connectivity index (χ0) is 21.4. The number of carbonyl (C=O) groups is 3. The van der Waals surface area contributed by atoms with Crippen molar-refractivity contribution in [1.29, 1.82) is 0 Å². The van der Waals surface area contributed by atoms with Crippen molar-refractivity contribution in [3.05, 3.63) is 0 Å². The van der Waals surface area contributed by atoms with Crippen LogP contribution in [0, 0.1) is 0 Å². The number of rotatable bonds is 12. The fraction of sp³-hybridized carbons (Fsp3) is 0.769. The van der Waals surface area contributed by atoms with Gasteiger partial charge in [-0.1, -0.05) is 0 Å². The lowest BCUT2D eigenvalue weighted by atomic mass is 10.0. The second kappa shape index (κ2) is 10.8. The minimum absolute atomic E-state index is 0.332. The molecule has 2 atom stereocenters. The van der Waals surface area contributed by atoms with Gasteiger partial charge in [0.05, 0.1) is 27.4 Å². The molecule has 1 saturated heterocycles. The normalized spacial score (nSPS) is 19.7. The van der Waals surface area contributed by atoms with Crippen molar-refractivity contribution in [2.24, 2.45) is 0 Å². The summed E-state index contributed by atoms with van der Waals surface area (Å²) in [6, 6.07) is 0. The van der Waals surface area contributed by atoms with Crippen molar-refractivity contribution >= 4 is 38.5 Å². The first kappa shape index (κ1) is 24.4. The third-order valence-corrected chi connectivity index (χ3v) is 5.06. The van der Waals surface area contributed by atoms with Gasteiger partial charge in [0, 0.05) is 25.7 Å². The van der Waals surface area contributed by atoms with Crippen molar-refractivity contribution in [2.45, 2.75) is 37.9 Å². The molecule has 0 bridgehead atoms. The van der Waals surface area contributed by atoms with E-state index in [0.717, 1.165) is 14.2 Å². The SMILES string of the molecule is COC(=O)OC(CC(=O)CCOS(=O)(=O)OC)CC(=O)CC1COS(=O)(=O)O1. The molecule has 0 aromatic carbocycles. The lowest BCUT2D eigenvalue weighted by Gasteiger charge is -2.16. The molecule has 0 saturated carbocycles. The van der Waals surface area contributed by atoms with E-state index in [1.54, 1.807) is 0 Å². The van der Waals surface area contributed by atoms with E-state index < -0.39 is 70.2 Å². The number of ketones is 2. The zero-order valence-corrected chi connectivity index (χ0v) is 16.7. The molecule has 1 heterocycles. The third-order valence-electron chi connectivity index (χ3n) is 3.26.